The van der Waals surface area contributed by atoms with E-state index < -0.39 is 5.41 Å². The van der Waals surface area contributed by atoms with Crippen molar-refractivity contribution in [2.24, 2.45) is 0 Å². The van der Waals surface area contributed by atoms with Gasteiger partial charge in [0, 0.05) is 37.4 Å². The lowest BCUT2D eigenvalue weighted by atomic mass is 9.67. The van der Waals surface area contributed by atoms with Crippen molar-refractivity contribution in [3.8, 4) is 45.3 Å². The summed E-state index contributed by atoms with van der Waals surface area (Å²) in [6, 6.07) is 51.2. The Bertz CT molecular complexity index is 2400. The average Bonchev–Trinajstić information content (AvgIpc) is 3.74. The van der Waals surface area contributed by atoms with E-state index in [-0.39, 0.29) is 0 Å². The fourth-order valence-electron chi connectivity index (χ4n) is 7.48. The summed E-state index contributed by atoms with van der Waals surface area (Å²) in [6.07, 6.45) is 1.80. The van der Waals surface area contributed by atoms with Crippen molar-refractivity contribution < 1.29 is 4.42 Å². The minimum absolute atomic E-state index is 0.544. The van der Waals surface area contributed by atoms with E-state index in [4.69, 9.17) is 19.4 Å². The Morgan fingerprint density at radius 2 is 1.04 bits per heavy atom. The first-order valence-corrected chi connectivity index (χ1v) is 16.5. The highest BCUT2D eigenvalue weighted by molar-refractivity contribution is 7.99. The van der Waals surface area contributed by atoms with Crippen molar-refractivity contribution in [3.05, 3.63) is 174 Å². The van der Waals surface area contributed by atoms with Crippen molar-refractivity contribution in [2.75, 3.05) is 0 Å². The lowest BCUT2D eigenvalue weighted by Gasteiger charge is -2.39. The molecule has 3 heterocycles. The summed E-state index contributed by atoms with van der Waals surface area (Å²) in [5.74, 6) is 1.94. The Hall–Kier alpha value is -5.78. The van der Waals surface area contributed by atoms with Gasteiger partial charge in [0.2, 0.25) is 0 Å². The predicted octanol–water partition coefficient (Wildman–Crippen LogP) is 10.4. The van der Waals surface area contributed by atoms with E-state index in [9.17, 15) is 0 Å². The van der Waals surface area contributed by atoms with Crippen molar-refractivity contribution >= 4 is 22.7 Å². The quantitative estimate of drug-likeness (QED) is 0.197. The van der Waals surface area contributed by atoms with Crippen LogP contribution in [0.15, 0.2) is 166 Å². The maximum absolute atomic E-state index is 6.23. The Balaban J connectivity index is 1.29. The molecule has 220 valence electrons. The number of benzene rings is 6. The number of aromatic nitrogens is 3. The molecule has 0 radical (unpaired) electrons. The molecular formula is C42H25N3OS. The van der Waals surface area contributed by atoms with E-state index in [1.54, 1.807) is 6.26 Å². The Morgan fingerprint density at radius 3 is 1.68 bits per heavy atom. The predicted molar refractivity (Wildman–Crippen MR) is 187 cm³/mol. The molecule has 0 atom stereocenters. The van der Waals surface area contributed by atoms with E-state index in [1.165, 1.54) is 37.6 Å². The Morgan fingerprint density at radius 1 is 0.468 bits per heavy atom. The molecule has 0 fully saturated rings. The van der Waals surface area contributed by atoms with Gasteiger partial charge >= 0.3 is 0 Å². The van der Waals surface area contributed by atoms with Crippen LogP contribution in [0.4, 0.5) is 0 Å². The van der Waals surface area contributed by atoms with Gasteiger partial charge in [0.25, 0.3) is 0 Å². The third-order valence-electron chi connectivity index (χ3n) is 9.48. The zero-order chi connectivity index (χ0) is 31.0. The Labute approximate surface area is 275 Å². The van der Waals surface area contributed by atoms with Crippen molar-refractivity contribution in [3.63, 3.8) is 0 Å². The largest absolute Gasteiger partial charge is 0.464 e. The summed E-state index contributed by atoms with van der Waals surface area (Å²) in [5, 5.41) is 1.10. The third-order valence-corrected chi connectivity index (χ3v) is 10.6. The summed E-state index contributed by atoms with van der Waals surface area (Å²) in [4.78, 5) is 17.6. The van der Waals surface area contributed by atoms with Crippen LogP contribution in [0.5, 0.6) is 0 Å². The van der Waals surface area contributed by atoms with Gasteiger partial charge in [0.15, 0.2) is 17.5 Å². The van der Waals surface area contributed by atoms with E-state index in [2.05, 4.69) is 78.9 Å². The van der Waals surface area contributed by atoms with Crippen LogP contribution in [0.2, 0.25) is 0 Å². The van der Waals surface area contributed by atoms with E-state index in [0.29, 0.717) is 17.5 Å². The average molecular weight is 620 g/mol. The fraction of sp³-hybridized carbons (Fsp3) is 0.0238. The van der Waals surface area contributed by atoms with Crippen LogP contribution in [0, 0.1) is 0 Å². The first-order valence-electron chi connectivity index (χ1n) is 15.7. The van der Waals surface area contributed by atoms with Gasteiger partial charge in [0.05, 0.1) is 11.7 Å². The maximum Gasteiger partial charge on any atom is 0.164 e. The van der Waals surface area contributed by atoms with Gasteiger partial charge in [-0.3, -0.25) is 0 Å². The van der Waals surface area contributed by atoms with Crippen LogP contribution in [0.25, 0.3) is 56.3 Å². The van der Waals surface area contributed by atoms with Crippen molar-refractivity contribution in [2.45, 2.75) is 15.2 Å². The molecule has 2 aromatic heterocycles. The second kappa shape index (κ2) is 10.1. The summed E-state index contributed by atoms with van der Waals surface area (Å²) in [5.41, 5.74) is 10.5. The van der Waals surface area contributed by atoms with E-state index >= 15 is 0 Å². The molecule has 0 saturated carbocycles. The molecular weight excluding hydrogens is 595 g/mol. The van der Waals surface area contributed by atoms with E-state index in [0.717, 1.165) is 33.2 Å². The first-order chi connectivity index (χ1) is 23.3. The summed E-state index contributed by atoms with van der Waals surface area (Å²) >= 11 is 1.84. The summed E-state index contributed by atoms with van der Waals surface area (Å²) < 4.78 is 6.23. The standard InChI is InChI=1S/C42H25N3OS/c1-3-11-27(12-4-1)39-43-40(28-13-5-2-6-14-28)45-41(44-39)29-19-21-30-34(25-29)42(33-22-20-26-23-24-46-38(26)37(30)33)31-15-7-9-17-35(31)47-36-18-10-8-16-32(36)42/h1-25H. The summed E-state index contributed by atoms with van der Waals surface area (Å²) in [7, 11) is 0. The van der Waals surface area contributed by atoms with Crippen LogP contribution in [-0.2, 0) is 5.41 Å². The Kier molecular flexibility index (Phi) is 5.69. The van der Waals surface area contributed by atoms with Gasteiger partial charge in [-0.2, -0.15) is 0 Å². The molecule has 0 saturated heterocycles. The second-order valence-corrected chi connectivity index (χ2v) is 13.1. The molecule has 2 aliphatic rings. The minimum Gasteiger partial charge on any atom is -0.464 e. The molecule has 47 heavy (non-hydrogen) atoms. The molecule has 10 rings (SSSR count). The SMILES string of the molecule is c1ccc(-c2nc(-c3ccccc3)nc(-c3ccc4c(c3)C3(c5ccccc5Sc5ccccc53)c3ccc5ccoc5c3-4)n2)cc1. The van der Waals surface area contributed by atoms with Crippen LogP contribution >= 0.6 is 11.8 Å². The number of furan rings is 1. The molecule has 6 aromatic carbocycles. The molecule has 4 nitrogen and oxygen atoms in total. The molecule has 8 aromatic rings. The fourth-order valence-corrected chi connectivity index (χ4v) is 8.67. The van der Waals surface area contributed by atoms with Gasteiger partial charge in [-0.1, -0.05) is 133 Å². The van der Waals surface area contributed by atoms with Crippen LogP contribution in [0.1, 0.15) is 22.3 Å². The van der Waals surface area contributed by atoms with Crippen LogP contribution < -0.4 is 0 Å². The highest BCUT2D eigenvalue weighted by atomic mass is 32.2. The molecule has 0 unspecified atom stereocenters. The van der Waals surface area contributed by atoms with Gasteiger partial charge in [-0.25, -0.2) is 15.0 Å². The number of nitrogens with zero attached hydrogens (tertiary/aromatic N) is 3. The smallest absolute Gasteiger partial charge is 0.164 e. The van der Waals surface area contributed by atoms with Gasteiger partial charge in [-0.15, -0.1) is 0 Å². The monoisotopic (exact) mass is 619 g/mol. The molecule has 1 aliphatic carbocycles. The normalized spacial score (nSPS) is 13.6. The lowest BCUT2D eigenvalue weighted by Crippen LogP contribution is -2.32. The molecule has 0 N–H and O–H groups in total. The van der Waals surface area contributed by atoms with Crippen molar-refractivity contribution in [1.29, 1.82) is 0 Å². The molecule has 5 heteroatoms. The number of fused-ring (bicyclic) bond motifs is 11. The van der Waals surface area contributed by atoms with Crippen molar-refractivity contribution in [1.82, 2.24) is 15.0 Å². The third kappa shape index (κ3) is 3.81. The molecule has 0 amide bonds. The van der Waals surface area contributed by atoms with Gasteiger partial charge in [0.1, 0.15) is 5.58 Å². The minimum atomic E-state index is -0.544. The zero-order valence-corrected chi connectivity index (χ0v) is 25.9. The van der Waals surface area contributed by atoms with Crippen LogP contribution in [-0.4, -0.2) is 15.0 Å². The zero-order valence-electron chi connectivity index (χ0n) is 25.1. The van der Waals surface area contributed by atoms with Gasteiger partial charge in [-0.05, 0) is 52.1 Å². The highest BCUT2D eigenvalue weighted by Crippen LogP contribution is 2.63. The summed E-state index contributed by atoms with van der Waals surface area (Å²) in [6.45, 7) is 0. The number of hydrogen-bond donors (Lipinski definition) is 0. The lowest BCUT2D eigenvalue weighted by molar-refractivity contribution is 0.616. The molecule has 1 aliphatic heterocycles. The molecule has 1 spiro atoms. The van der Waals surface area contributed by atoms with Crippen LogP contribution in [0.3, 0.4) is 0 Å². The molecule has 0 bridgehead atoms. The van der Waals surface area contributed by atoms with E-state index in [1.807, 2.05) is 78.5 Å². The van der Waals surface area contributed by atoms with Gasteiger partial charge < -0.3 is 4.42 Å². The number of rotatable bonds is 3. The maximum atomic E-state index is 6.23. The first kappa shape index (κ1) is 26.4. The second-order valence-electron chi connectivity index (χ2n) is 12.0. The topological polar surface area (TPSA) is 51.8 Å². The highest BCUT2D eigenvalue weighted by Gasteiger charge is 2.51. The number of hydrogen-bond acceptors (Lipinski definition) is 5.